The third kappa shape index (κ3) is 5.27. The Morgan fingerprint density at radius 2 is 2.05 bits per heavy atom. The Labute approximate surface area is 126 Å². The minimum atomic E-state index is -0.304. The summed E-state index contributed by atoms with van der Waals surface area (Å²) in [6.45, 7) is 5.98. The number of amides is 2. The number of urea groups is 1. The van der Waals surface area contributed by atoms with Crippen molar-refractivity contribution in [1.29, 1.82) is 0 Å². The molecule has 0 saturated heterocycles. The van der Waals surface area contributed by atoms with E-state index in [0.29, 0.717) is 11.5 Å². The Morgan fingerprint density at radius 3 is 2.62 bits per heavy atom. The van der Waals surface area contributed by atoms with E-state index in [1.807, 2.05) is 39.0 Å². The van der Waals surface area contributed by atoms with Crippen molar-refractivity contribution >= 4 is 6.03 Å². The van der Waals surface area contributed by atoms with Gasteiger partial charge in [0, 0.05) is 0 Å². The molecule has 5 nitrogen and oxygen atoms in total. The Hall–Kier alpha value is -2.35. The van der Waals surface area contributed by atoms with Crippen LogP contribution in [0.1, 0.15) is 32.4 Å². The Morgan fingerprint density at radius 1 is 1.33 bits per heavy atom. The van der Waals surface area contributed by atoms with Crippen LogP contribution in [0.3, 0.4) is 0 Å². The summed E-state index contributed by atoms with van der Waals surface area (Å²) in [6.07, 6.45) is 5.15. The zero-order valence-corrected chi connectivity index (χ0v) is 12.9. The predicted octanol–water partition coefficient (Wildman–Crippen LogP) is 2.48. The molecule has 0 fully saturated rings. The van der Waals surface area contributed by atoms with Gasteiger partial charge in [-0.1, -0.05) is 12.0 Å². The Kier molecular flexibility index (Phi) is 6.41. The molecule has 1 atom stereocenters. The van der Waals surface area contributed by atoms with Crippen molar-refractivity contribution in [3.05, 3.63) is 23.8 Å². The molecule has 114 valence electrons. The van der Waals surface area contributed by atoms with Crippen LogP contribution < -0.4 is 20.1 Å². The van der Waals surface area contributed by atoms with Crippen LogP contribution >= 0.6 is 0 Å². The minimum absolute atomic E-state index is 0.0647. The van der Waals surface area contributed by atoms with E-state index in [2.05, 4.69) is 16.6 Å². The van der Waals surface area contributed by atoms with E-state index in [-0.39, 0.29) is 24.7 Å². The number of terminal acetylenes is 1. The van der Waals surface area contributed by atoms with Crippen LogP contribution in [-0.4, -0.2) is 25.8 Å². The number of hydrogen-bond acceptors (Lipinski definition) is 3. The number of nitrogens with one attached hydrogen (secondary N) is 2. The molecule has 2 N–H and O–H groups in total. The Balaban J connectivity index is 2.79. The molecule has 1 unspecified atom stereocenters. The quantitative estimate of drug-likeness (QED) is 0.791. The van der Waals surface area contributed by atoms with Crippen molar-refractivity contribution in [3.63, 3.8) is 0 Å². The standard InChI is InChI=1S/C16H22N2O3/c1-6-9-17-16(19)18-12(4)13-7-8-14(21-11(2)3)15(10-13)20-5/h1,7-8,10-12H,9H2,2-5H3,(H2,17,18,19). The normalized spacial score (nSPS) is 11.4. The molecule has 0 saturated carbocycles. The van der Waals surface area contributed by atoms with E-state index in [9.17, 15) is 4.79 Å². The highest BCUT2D eigenvalue weighted by Gasteiger charge is 2.13. The monoisotopic (exact) mass is 290 g/mol. The van der Waals surface area contributed by atoms with E-state index in [1.165, 1.54) is 0 Å². The molecule has 21 heavy (non-hydrogen) atoms. The first-order valence-electron chi connectivity index (χ1n) is 6.80. The van der Waals surface area contributed by atoms with Crippen LogP contribution in [0.5, 0.6) is 11.5 Å². The van der Waals surface area contributed by atoms with Gasteiger partial charge in [0.1, 0.15) is 0 Å². The van der Waals surface area contributed by atoms with Gasteiger partial charge in [0.2, 0.25) is 0 Å². The highest BCUT2D eigenvalue weighted by Crippen LogP contribution is 2.30. The number of rotatable bonds is 6. The molecule has 5 heteroatoms. The summed E-state index contributed by atoms with van der Waals surface area (Å²) < 4.78 is 11.0. The predicted molar refractivity (Wildman–Crippen MR) is 82.5 cm³/mol. The summed E-state index contributed by atoms with van der Waals surface area (Å²) in [5, 5.41) is 5.36. The molecule has 0 aromatic heterocycles. The molecule has 0 bridgehead atoms. The van der Waals surface area contributed by atoms with Crippen LogP contribution in [-0.2, 0) is 0 Å². The lowest BCUT2D eigenvalue weighted by atomic mass is 10.1. The SMILES string of the molecule is C#CCNC(=O)NC(C)c1ccc(OC(C)C)c(OC)c1. The summed E-state index contributed by atoms with van der Waals surface area (Å²) in [4.78, 5) is 11.6. The maximum Gasteiger partial charge on any atom is 0.316 e. The van der Waals surface area contributed by atoms with E-state index < -0.39 is 0 Å². The molecular formula is C16H22N2O3. The molecule has 0 aliphatic carbocycles. The van der Waals surface area contributed by atoms with Crippen molar-refractivity contribution in [1.82, 2.24) is 10.6 Å². The lowest BCUT2D eigenvalue weighted by Crippen LogP contribution is -2.37. The first kappa shape index (κ1) is 16.7. The van der Waals surface area contributed by atoms with Crippen LogP contribution in [0, 0.1) is 12.3 Å². The molecule has 0 heterocycles. The topological polar surface area (TPSA) is 59.6 Å². The molecule has 1 aromatic rings. The van der Waals surface area contributed by atoms with E-state index in [1.54, 1.807) is 7.11 Å². The zero-order chi connectivity index (χ0) is 15.8. The van der Waals surface area contributed by atoms with E-state index >= 15 is 0 Å². The maximum atomic E-state index is 11.6. The van der Waals surface area contributed by atoms with Gasteiger partial charge in [0.25, 0.3) is 0 Å². The second kappa shape index (κ2) is 8.05. The van der Waals surface area contributed by atoms with Gasteiger partial charge in [-0.25, -0.2) is 4.79 Å². The summed E-state index contributed by atoms with van der Waals surface area (Å²) in [5.41, 5.74) is 0.916. The molecule has 0 spiro atoms. The first-order valence-corrected chi connectivity index (χ1v) is 6.80. The third-order valence-electron chi connectivity index (χ3n) is 2.75. The maximum absolute atomic E-state index is 11.6. The molecule has 1 aromatic carbocycles. The van der Waals surface area contributed by atoms with Crippen LogP contribution in [0.15, 0.2) is 18.2 Å². The van der Waals surface area contributed by atoms with Gasteiger partial charge in [-0.3, -0.25) is 0 Å². The van der Waals surface area contributed by atoms with Gasteiger partial charge >= 0.3 is 6.03 Å². The van der Waals surface area contributed by atoms with Crippen molar-refractivity contribution in [2.75, 3.05) is 13.7 Å². The van der Waals surface area contributed by atoms with Gasteiger partial charge in [0.05, 0.1) is 25.8 Å². The number of ether oxygens (including phenoxy) is 2. The number of hydrogen-bond donors (Lipinski definition) is 2. The van der Waals surface area contributed by atoms with Crippen LogP contribution in [0.25, 0.3) is 0 Å². The largest absolute Gasteiger partial charge is 0.493 e. The number of benzene rings is 1. The minimum Gasteiger partial charge on any atom is -0.493 e. The van der Waals surface area contributed by atoms with Gasteiger partial charge in [-0.2, -0.15) is 0 Å². The van der Waals surface area contributed by atoms with Crippen molar-refractivity contribution in [3.8, 4) is 23.8 Å². The lowest BCUT2D eigenvalue weighted by Gasteiger charge is -2.18. The highest BCUT2D eigenvalue weighted by atomic mass is 16.5. The average Bonchev–Trinajstić information content (AvgIpc) is 2.44. The summed E-state index contributed by atoms with van der Waals surface area (Å²) in [7, 11) is 1.59. The third-order valence-corrected chi connectivity index (χ3v) is 2.75. The first-order chi connectivity index (χ1) is 9.97. The van der Waals surface area contributed by atoms with Gasteiger partial charge in [-0.05, 0) is 38.5 Å². The number of carbonyl (C=O) groups excluding carboxylic acids is 1. The highest BCUT2D eigenvalue weighted by molar-refractivity contribution is 5.74. The van der Waals surface area contributed by atoms with Crippen LogP contribution in [0.2, 0.25) is 0 Å². The van der Waals surface area contributed by atoms with Gasteiger partial charge in [0.15, 0.2) is 11.5 Å². The zero-order valence-electron chi connectivity index (χ0n) is 12.9. The number of carbonyl (C=O) groups is 1. The molecule has 0 aliphatic heterocycles. The fourth-order valence-corrected chi connectivity index (χ4v) is 1.77. The van der Waals surface area contributed by atoms with Gasteiger partial charge < -0.3 is 20.1 Å². The lowest BCUT2D eigenvalue weighted by molar-refractivity contribution is 0.230. The Bertz CT molecular complexity index is 521. The number of methoxy groups -OCH3 is 1. The molecule has 1 rings (SSSR count). The fraction of sp³-hybridized carbons (Fsp3) is 0.438. The molecule has 0 aliphatic rings. The summed E-state index contributed by atoms with van der Waals surface area (Å²) in [6, 6.07) is 5.11. The van der Waals surface area contributed by atoms with E-state index in [4.69, 9.17) is 15.9 Å². The van der Waals surface area contributed by atoms with Crippen molar-refractivity contribution in [2.45, 2.75) is 32.9 Å². The smallest absolute Gasteiger partial charge is 0.316 e. The second-order valence-corrected chi connectivity index (χ2v) is 4.83. The van der Waals surface area contributed by atoms with Crippen molar-refractivity contribution < 1.29 is 14.3 Å². The second-order valence-electron chi connectivity index (χ2n) is 4.83. The summed E-state index contributed by atoms with van der Waals surface area (Å²) in [5.74, 6) is 3.67. The molecular weight excluding hydrogens is 268 g/mol. The fourth-order valence-electron chi connectivity index (χ4n) is 1.77. The average molecular weight is 290 g/mol. The van der Waals surface area contributed by atoms with E-state index in [0.717, 1.165) is 5.56 Å². The summed E-state index contributed by atoms with van der Waals surface area (Å²) >= 11 is 0. The van der Waals surface area contributed by atoms with Crippen LogP contribution in [0.4, 0.5) is 4.79 Å². The molecule has 0 radical (unpaired) electrons. The van der Waals surface area contributed by atoms with Crippen molar-refractivity contribution in [2.24, 2.45) is 0 Å². The van der Waals surface area contributed by atoms with Gasteiger partial charge in [-0.15, -0.1) is 6.42 Å². The molecule has 2 amide bonds.